The number of benzene rings is 2. The zero-order chi connectivity index (χ0) is 13.4. The van der Waals surface area contributed by atoms with Crippen molar-refractivity contribution in [3.63, 3.8) is 0 Å². The summed E-state index contributed by atoms with van der Waals surface area (Å²) in [5.74, 6) is 0.631. The third kappa shape index (κ3) is 2.04. The van der Waals surface area contributed by atoms with Gasteiger partial charge in [-0.15, -0.1) is 0 Å². The molecule has 1 saturated heterocycles. The zero-order valence-electron chi connectivity index (χ0n) is 11.3. The Hall–Kier alpha value is -2.00. The lowest BCUT2D eigenvalue weighted by Crippen LogP contribution is -2.13. The van der Waals surface area contributed by atoms with Crippen molar-refractivity contribution in [1.82, 2.24) is 0 Å². The molecule has 2 heterocycles. The van der Waals surface area contributed by atoms with E-state index in [2.05, 4.69) is 23.5 Å². The monoisotopic (exact) mass is 267 g/mol. The first kappa shape index (κ1) is 11.8. The van der Waals surface area contributed by atoms with Crippen molar-refractivity contribution in [2.45, 2.75) is 6.42 Å². The van der Waals surface area contributed by atoms with Crippen molar-refractivity contribution in [3.05, 3.63) is 42.5 Å². The van der Waals surface area contributed by atoms with Crippen molar-refractivity contribution in [2.75, 3.05) is 25.1 Å². The number of furan rings is 1. The van der Waals surface area contributed by atoms with Crippen LogP contribution in [0.25, 0.3) is 21.9 Å². The van der Waals surface area contributed by atoms with Crippen molar-refractivity contribution >= 4 is 27.6 Å². The number of para-hydroxylation sites is 1. The number of anilines is 1. The lowest BCUT2D eigenvalue weighted by atomic mass is 10.1. The predicted octanol–water partition coefficient (Wildman–Crippen LogP) is 4.03. The average Bonchev–Trinajstić information content (AvgIpc) is 3.12. The molecule has 1 N–H and O–H groups in total. The van der Waals surface area contributed by atoms with E-state index >= 15 is 0 Å². The minimum absolute atomic E-state index is 0.631. The molecular weight excluding hydrogens is 250 g/mol. The van der Waals surface area contributed by atoms with Gasteiger partial charge in [0.1, 0.15) is 11.2 Å². The van der Waals surface area contributed by atoms with E-state index in [1.165, 1.54) is 10.8 Å². The number of rotatable bonds is 3. The lowest BCUT2D eigenvalue weighted by Gasteiger charge is -2.10. The lowest BCUT2D eigenvalue weighted by molar-refractivity contribution is 0.187. The SMILES string of the molecule is c1ccc2c(c1)oc1ccc(NCC3CCOC3)cc12. The van der Waals surface area contributed by atoms with Crippen LogP contribution in [-0.2, 0) is 4.74 Å². The molecule has 0 bridgehead atoms. The Morgan fingerprint density at radius 1 is 1.05 bits per heavy atom. The van der Waals surface area contributed by atoms with Gasteiger partial charge in [-0.1, -0.05) is 18.2 Å². The summed E-state index contributed by atoms with van der Waals surface area (Å²) in [5.41, 5.74) is 3.04. The average molecular weight is 267 g/mol. The Balaban J connectivity index is 1.65. The maximum absolute atomic E-state index is 5.84. The van der Waals surface area contributed by atoms with Gasteiger partial charge < -0.3 is 14.5 Å². The van der Waals surface area contributed by atoms with E-state index in [0.29, 0.717) is 5.92 Å². The summed E-state index contributed by atoms with van der Waals surface area (Å²) < 4.78 is 11.2. The molecule has 0 saturated carbocycles. The van der Waals surface area contributed by atoms with Crippen LogP contribution in [0.5, 0.6) is 0 Å². The van der Waals surface area contributed by atoms with Crippen LogP contribution in [0.15, 0.2) is 46.9 Å². The minimum atomic E-state index is 0.631. The Morgan fingerprint density at radius 2 is 1.95 bits per heavy atom. The van der Waals surface area contributed by atoms with Crippen molar-refractivity contribution in [3.8, 4) is 0 Å². The molecule has 0 aliphatic carbocycles. The molecule has 2 aromatic carbocycles. The van der Waals surface area contributed by atoms with Crippen LogP contribution in [0.4, 0.5) is 5.69 Å². The van der Waals surface area contributed by atoms with Gasteiger partial charge in [-0.25, -0.2) is 0 Å². The van der Waals surface area contributed by atoms with Crippen LogP contribution >= 0.6 is 0 Å². The second-order valence-electron chi connectivity index (χ2n) is 5.42. The number of nitrogens with one attached hydrogen (secondary N) is 1. The molecule has 3 aromatic rings. The molecule has 1 unspecified atom stereocenters. The fraction of sp³-hybridized carbons (Fsp3) is 0.294. The first-order valence-corrected chi connectivity index (χ1v) is 7.13. The Kier molecular flexibility index (Phi) is 2.85. The molecule has 1 aliphatic rings. The highest BCUT2D eigenvalue weighted by Crippen LogP contribution is 2.30. The highest BCUT2D eigenvalue weighted by molar-refractivity contribution is 6.05. The summed E-state index contributed by atoms with van der Waals surface area (Å²) in [5, 5.41) is 5.86. The first-order valence-electron chi connectivity index (χ1n) is 7.13. The van der Waals surface area contributed by atoms with Crippen LogP contribution in [-0.4, -0.2) is 19.8 Å². The Bertz CT molecular complexity index is 741. The van der Waals surface area contributed by atoms with Crippen LogP contribution in [0.1, 0.15) is 6.42 Å². The summed E-state index contributed by atoms with van der Waals surface area (Å²) in [6.45, 7) is 2.75. The van der Waals surface area contributed by atoms with E-state index in [1.54, 1.807) is 0 Å². The summed E-state index contributed by atoms with van der Waals surface area (Å²) in [6.07, 6.45) is 1.16. The first-order chi connectivity index (χ1) is 9.90. The van der Waals surface area contributed by atoms with Gasteiger partial charge in [0.25, 0.3) is 0 Å². The maximum Gasteiger partial charge on any atom is 0.135 e. The molecule has 3 heteroatoms. The second kappa shape index (κ2) is 4.84. The van der Waals surface area contributed by atoms with Gasteiger partial charge in [-0.2, -0.15) is 0 Å². The third-order valence-electron chi connectivity index (χ3n) is 4.00. The molecule has 0 radical (unpaired) electrons. The highest BCUT2D eigenvalue weighted by Gasteiger charge is 2.15. The summed E-state index contributed by atoms with van der Waals surface area (Å²) in [7, 11) is 0. The largest absolute Gasteiger partial charge is 0.456 e. The van der Waals surface area contributed by atoms with E-state index in [4.69, 9.17) is 9.15 Å². The van der Waals surface area contributed by atoms with Gasteiger partial charge in [0.05, 0.1) is 6.61 Å². The third-order valence-corrected chi connectivity index (χ3v) is 4.00. The van der Waals surface area contributed by atoms with E-state index in [0.717, 1.165) is 43.0 Å². The van der Waals surface area contributed by atoms with Gasteiger partial charge in [-0.05, 0) is 30.7 Å². The molecular formula is C17H17NO2. The molecule has 4 rings (SSSR count). The van der Waals surface area contributed by atoms with Gasteiger partial charge in [0.15, 0.2) is 0 Å². The number of ether oxygens (including phenoxy) is 1. The predicted molar refractivity (Wildman–Crippen MR) is 81.1 cm³/mol. The maximum atomic E-state index is 5.84. The standard InChI is InChI=1S/C17H17NO2/c1-2-4-16-14(3-1)15-9-13(5-6-17(15)20-16)18-10-12-7-8-19-11-12/h1-6,9,12,18H,7-8,10-11H2. The number of fused-ring (bicyclic) bond motifs is 3. The van der Waals surface area contributed by atoms with Gasteiger partial charge >= 0.3 is 0 Å². The molecule has 3 nitrogen and oxygen atoms in total. The summed E-state index contributed by atoms with van der Waals surface area (Å²) in [4.78, 5) is 0. The normalized spacial score (nSPS) is 18.9. The second-order valence-corrected chi connectivity index (χ2v) is 5.42. The Morgan fingerprint density at radius 3 is 2.85 bits per heavy atom. The quantitative estimate of drug-likeness (QED) is 0.778. The molecule has 0 spiro atoms. The van der Waals surface area contributed by atoms with E-state index < -0.39 is 0 Å². The van der Waals surface area contributed by atoms with E-state index in [9.17, 15) is 0 Å². The van der Waals surface area contributed by atoms with Gasteiger partial charge in [-0.3, -0.25) is 0 Å². The molecule has 1 atom stereocenters. The van der Waals surface area contributed by atoms with Crippen LogP contribution in [0.2, 0.25) is 0 Å². The molecule has 1 aliphatic heterocycles. The number of hydrogen-bond acceptors (Lipinski definition) is 3. The van der Waals surface area contributed by atoms with Crippen molar-refractivity contribution < 1.29 is 9.15 Å². The topological polar surface area (TPSA) is 34.4 Å². The molecule has 1 fully saturated rings. The van der Waals surface area contributed by atoms with E-state index in [-0.39, 0.29) is 0 Å². The minimum Gasteiger partial charge on any atom is -0.456 e. The highest BCUT2D eigenvalue weighted by atomic mass is 16.5. The van der Waals surface area contributed by atoms with Crippen LogP contribution < -0.4 is 5.32 Å². The summed E-state index contributed by atoms with van der Waals surface area (Å²) in [6, 6.07) is 14.5. The van der Waals surface area contributed by atoms with Crippen LogP contribution in [0, 0.1) is 5.92 Å². The smallest absolute Gasteiger partial charge is 0.135 e. The molecule has 0 amide bonds. The van der Waals surface area contributed by atoms with Crippen molar-refractivity contribution in [1.29, 1.82) is 0 Å². The van der Waals surface area contributed by atoms with E-state index in [1.807, 2.05) is 24.3 Å². The van der Waals surface area contributed by atoms with Gasteiger partial charge in [0, 0.05) is 35.5 Å². The zero-order valence-corrected chi connectivity index (χ0v) is 11.3. The molecule has 102 valence electrons. The van der Waals surface area contributed by atoms with Gasteiger partial charge in [0.2, 0.25) is 0 Å². The van der Waals surface area contributed by atoms with Crippen molar-refractivity contribution in [2.24, 2.45) is 5.92 Å². The molecule has 1 aromatic heterocycles. The Labute approximate surface area is 117 Å². The fourth-order valence-corrected chi connectivity index (χ4v) is 2.84. The number of hydrogen-bond donors (Lipinski definition) is 1. The molecule has 20 heavy (non-hydrogen) atoms. The summed E-state index contributed by atoms with van der Waals surface area (Å²) >= 11 is 0. The fourth-order valence-electron chi connectivity index (χ4n) is 2.84. The van der Waals surface area contributed by atoms with Crippen LogP contribution in [0.3, 0.4) is 0 Å².